The van der Waals surface area contributed by atoms with E-state index in [0.717, 1.165) is 5.56 Å². The number of hydrogen-bond acceptors (Lipinski definition) is 3. The van der Waals surface area contributed by atoms with Crippen molar-refractivity contribution in [3.05, 3.63) is 29.6 Å². The summed E-state index contributed by atoms with van der Waals surface area (Å²) in [7, 11) is 1.81. The van der Waals surface area contributed by atoms with Crippen molar-refractivity contribution < 1.29 is 9.18 Å². The number of carbonyl (C=O) groups excluding carboxylic acids is 1. The van der Waals surface area contributed by atoms with Crippen LogP contribution in [-0.2, 0) is 11.3 Å². The molecule has 2 N–H and O–H groups in total. The maximum absolute atomic E-state index is 13.6. The maximum Gasteiger partial charge on any atom is 0.230 e. The van der Waals surface area contributed by atoms with Crippen LogP contribution in [0.1, 0.15) is 12.5 Å². The van der Waals surface area contributed by atoms with Crippen LogP contribution in [0.2, 0.25) is 0 Å². The summed E-state index contributed by atoms with van der Waals surface area (Å²) < 4.78 is 13.6. The molecule has 0 spiro atoms. The van der Waals surface area contributed by atoms with Gasteiger partial charge in [-0.15, -0.1) is 11.8 Å². The molecule has 3 nitrogen and oxygen atoms in total. The fraction of sp³-hybridized carbons (Fsp3) is 0.417. The number of carbonyl (C=O) groups is 1. The van der Waals surface area contributed by atoms with Crippen LogP contribution in [0.4, 0.5) is 4.39 Å². The Kier molecular flexibility index (Phi) is 6.00. The molecule has 0 bridgehead atoms. The third-order valence-corrected chi connectivity index (χ3v) is 3.29. The van der Waals surface area contributed by atoms with Crippen LogP contribution >= 0.6 is 11.8 Å². The molecule has 0 unspecified atom stereocenters. The van der Waals surface area contributed by atoms with Crippen molar-refractivity contribution >= 4 is 17.7 Å². The standard InChI is InChI=1S/C12H17FN2OS/c1-3-15-11(16)8-17-12-9(7-14-2)5-4-6-10(12)13/h4-6,14H,3,7-8H2,1-2H3,(H,15,16). The Balaban J connectivity index is 2.71. The van der Waals surface area contributed by atoms with Crippen molar-refractivity contribution in [1.82, 2.24) is 10.6 Å². The molecule has 0 fully saturated rings. The lowest BCUT2D eigenvalue weighted by Crippen LogP contribution is -2.24. The number of rotatable bonds is 6. The van der Waals surface area contributed by atoms with Crippen LogP contribution in [0.15, 0.2) is 23.1 Å². The van der Waals surface area contributed by atoms with E-state index in [1.165, 1.54) is 17.8 Å². The van der Waals surface area contributed by atoms with E-state index in [4.69, 9.17) is 0 Å². The molecule has 94 valence electrons. The van der Waals surface area contributed by atoms with E-state index in [2.05, 4.69) is 10.6 Å². The van der Waals surface area contributed by atoms with E-state index in [0.29, 0.717) is 18.0 Å². The minimum atomic E-state index is -0.271. The van der Waals surface area contributed by atoms with Crippen molar-refractivity contribution in [1.29, 1.82) is 0 Å². The average molecular weight is 256 g/mol. The zero-order valence-corrected chi connectivity index (χ0v) is 10.9. The molecule has 1 aromatic carbocycles. The van der Waals surface area contributed by atoms with Gasteiger partial charge in [-0.25, -0.2) is 4.39 Å². The smallest absolute Gasteiger partial charge is 0.230 e. The molecule has 0 aliphatic carbocycles. The number of thioether (sulfide) groups is 1. The normalized spacial score (nSPS) is 10.3. The first-order valence-electron chi connectivity index (χ1n) is 5.50. The molecule has 0 aliphatic heterocycles. The highest BCUT2D eigenvalue weighted by molar-refractivity contribution is 8.00. The topological polar surface area (TPSA) is 41.1 Å². The summed E-state index contributed by atoms with van der Waals surface area (Å²) in [5.41, 5.74) is 0.877. The van der Waals surface area contributed by atoms with Crippen molar-refractivity contribution in [2.45, 2.75) is 18.4 Å². The van der Waals surface area contributed by atoms with Crippen LogP contribution in [0.25, 0.3) is 0 Å². The Morgan fingerprint density at radius 1 is 1.47 bits per heavy atom. The summed E-state index contributed by atoms with van der Waals surface area (Å²) in [5, 5.41) is 5.67. The van der Waals surface area contributed by atoms with Gasteiger partial charge in [0.15, 0.2) is 0 Å². The molecule has 0 saturated heterocycles. The first-order chi connectivity index (χ1) is 8.19. The molecule has 17 heavy (non-hydrogen) atoms. The number of amides is 1. The molecule has 0 heterocycles. The van der Waals surface area contributed by atoms with Crippen LogP contribution < -0.4 is 10.6 Å². The minimum absolute atomic E-state index is 0.0730. The first-order valence-corrected chi connectivity index (χ1v) is 6.49. The molecule has 1 aromatic rings. The van der Waals surface area contributed by atoms with Gasteiger partial charge in [0.25, 0.3) is 0 Å². The highest BCUT2D eigenvalue weighted by atomic mass is 32.2. The number of halogens is 1. The quantitative estimate of drug-likeness (QED) is 0.762. The van der Waals surface area contributed by atoms with Gasteiger partial charge in [-0.2, -0.15) is 0 Å². The molecule has 0 aliphatic rings. The molecule has 0 saturated carbocycles. The lowest BCUT2D eigenvalue weighted by atomic mass is 10.2. The summed E-state index contributed by atoms with van der Waals surface area (Å²) in [6.07, 6.45) is 0. The Morgan fingerprint density at radius 2 is 2.24 bits per heavy atom. The third kappa shape index (κ3) is 4.36. The summed E-state index contributed by atoms with van der Waals surface area (Å²) in [4.78, 5) is 11.9. The van der Waals surface area contributed by atoms with E-state index in [1.807, 2.05) is 20.0 Å². The second kappa shape index (κ2) is 7.29. The van der Waals surface area contributed by atoms with E-state index < -0.39 is 0 Å². The van der Waals surface area contributed by atoms with Crippen molar-refractivity contribution in [2.75, 3.05) is 19.3 Å². The van der Waals surface area contributed by atoms with E-state index in [-0.39, 0.29) is 17.5 Å². The van der Waals surface area contributed by atoms with E-state index in [1.54, 1.807) is 6.07 Å². The highest BCUT2D eigenvalue weighted by Gasteiger charge is 2.10. The Hall–Kier alpha value is -1.07. The number of hydrogen-bond donors (Lipinski definition) is 2. The molecule has 5 heteroatoms. The summed E-state index contributed by atoms with van der Waals surface area (Å²) in [5.74, 6) is -0.103. The summed E-state index contributed by atoms with van der Waals surface area (Å²) >= 11 is 1.23. The predicted molar refractivity (Wildman–Crippen MR) is 68.6 cm³/mol. The zero-order valence-electron chi connectivity index (χ0n) is 10.0. The molecule has 1 amide bonds. The summed E-state index contributed by atoms with van der Waals surface area (Å²) in [6.45, 7) is 3.05. The number of benzene rings is 1. The Bertz CT molecular complexity index is 385. The van der Waals surface area contributed by atoms with Crippen LogP contribution in [-0.4, -0.2) is 25.3 Å². The maximum atomic E-state index is 13.6. The van der Waals surface area contributed by atoms with Crippen molar-refractivity contribution in [2.24, 2.45) is 0 Å². The van der Waals surface area contributed by atoms with E-state index in [9.17, 15) is 9.18 Å². The SMILES string of the molecule is CCNC(=O)CSc1c(F)cccc1CNC. The van der Waals surface area contributed by atoms with Crippen LogP contribution in [0, 0.1) is 5.82 Å². The molecule has 0 aromatic heterocycles. The Labute approximate surface area is 105 Å². The molecular formula is C12H17FN2OS. The minimum Gasteiger partial charge on any atom is -0.356 e. The second-order valence-corrected chi connectivity index (χ2v) is 4.49. The Morgan fingerprint density at radius 3 is 2.88 bits per heavy atom. The van der Waals surface area contributed by atoms with Crippen molar-refractivity contribution in [3.8, 4) is 0 Å². The third-order valence-electron chi connectivity index (χ3n) is 2.14. The predicted octanol–water partition coefficient (Wildman–Crippen LogP) is 1.77. The molecule has 0 atom stereocenters. The second-order valence-electron chi connectivity index (χ2n) is 3.50. The first kappa shape index (κ1) is 14.0. The van der Waals surface area contributed by atoms with Crippen LogP contribution in [0.5, 0.6) is 0 Å². The van der Waals surface area contributed by atoms with Crippen LogP contribution in [0.3, 0.4) is 0 Å². The molecule has 1 rings (SSSR count). The van der Waals surface area contributed by atoms with Gasteiger partial charge in [0, 0.05) is 18.0 Å². The summed E-state index contributed by atoms with van der Waals surface area (Å²) in [6, 6.07) is 4.96. The van der Waals surface area contributed by atoms with Gasteiger partial charge in [-0.3, -0.25) is 4.79 Å². The zero-order chi connectivity index (χ0) is 12.7. The van der Waals surface area contributed by atoms with Crippen molar-refractivity contribution in [3.63, 3.8) is 0 Å². The monoisotopic (exact) mass is 256 g/mol. The lowest BCUT2D eigenvalue weighted by molar-refractivity contribution is -0.118. The largest absolute Gasteiger partial charge is 0.356 e. The van der Waals surface area contributed by atoms with Gasteiger partial charge in [0.05, 0.1) is 5.75 Å². The van der Waals surface area contributed by atoms with Gasteiger partial charge < -0.3 is 10.6 Å². The highest BCUT2D eigenvalue weighted by Crippen LogP contribution is 2.25. The molecular weight excluding hydrogens is 239 g/mol. The van der Waals surface area contributed by atoms with Gasteiger partial charge in [-0.1, -0.05) is 12.1 Å². The molecule has 0 radical (unpaired) electrons. The fourth-order valence-corrected chi connectivity index (χ4v) is 2.34. The van der Waals surface area contributed by atoms with E-state index >= 15 is 0 Å². The van der Waals surface area contributed by atoms with Gasteiger partial charge in [-0.05, 0) is 25.6 Å². The fourth-order valence-electron chi connectivity index (χ4n) is 1.43. The lowest BCUT2D eigenvalue weighted by Gasteiger charge is -2.09. The van der Waals surface area contributed by atoms with Gasteiger partial charge >= 0.3 is 0 Å². The average Bonchev–Trinajstić information content (AvgIpc) is 2.29. The van der Waals surface area contributed by atoms with Gasteiger partial charge in [0.1, 0.15) is 5.82 Å². The van der Waals surface area contributed by atoms with Gasteiger partial charge in [0.2, 0.25) is 5.91 Å². The number of nitrogens with one attached hydrogen (secondary N) is 2.